The molecular weight excluding hydrogens is 302 g/mol. The van der Waals surface area contributed by atoms with E-state index in [9.17, 15) is 4.79 Å². The van der Waals surface area contributed by atoms with Crippen molar-refractivity contribution in [1.82, 2.24) is 25.3 Å². The number of imidazole rings is 1. The van der Waals surface area contributed by atoms with Gasteiger partial charge < -0.3 is 10.3 Å². The third kappa shape index (κ3) is 3.13. The SMILES string of the molecule is CC[C@H](NC(=O)c1ccc2nc(C)c(C)nc2c1)c1ncc(C)[nH]1. The number of aromatic nitrogens is 4. The average Bonchev–Trinajstić information content (AvgIpc) is 2.99. The molecule has 0 aliphatic heterocycles. The van der Waals surface area contributed by atoms with Gasteiger partial charge in [0.25, 0.3) is 5.91 Å². The molecule has 0 fully saturated rings. The summed E-state index contributed by atoms with van der Waals surface area (Å²) in [6.45, 7) is 7.80. The molecule has 3 rings (SSSR count). The van der Waals surface area contributed by atoms with Crippen LogP contribution in [0.5, 0.6) is 0 Å². The van der Waals surface area contributed by atoms with Crippen LogP contribution in [0.3, 0.4) is 0 Å². The van der Waals surface area contributed by atoms with Crippen LogP contribution in [-0.2, 0) is 0 Å². The van der Waals surface area contributed by atoms with Crippen molar-refractivity contribution in [3.05, 3.63) is 52.9 Å². The Labute approximate surface area is 140 Å². The lowest BCUT2D eigenvalue weighted by molar-refractivity contribution is 0.0934. The number of nitrogens with zero attached hydrogens (tertiary/aromatic N) is 3. The molecule has 2 N–H and O–H groups in total. The molecule has 0 aliphatic carbocycles. The quantitative estimate of drug-likeness (QED) is 0.772. The zero-order valence-corrected chi connectivity index (χ0v) is 14.3. The maximum atomic E-state index is 12.6. The van der Waals surface area contributed by atoms with Gasteiger partial charge in [0.1, 0.15) is 5.82 Å². The number of carbonyl (C=O) groups excluding carboxylic acids is 1. The number of benzene rings is 1. The summed E-state index contributed by atoms with van der Waals surface area (Å²) in [6, 6.07) is 5.25. The third-order valence-electron chi connectivity index (χ3n) is 4.10. The van der Waals surface area contributed by atoms with E-state index >= 15 is 0 Å². The Bertz CT molecular complexity index is 900. The first kappa shape index (κ1) is 16.1. The molecule has 0 bridgehead atoms. The van der Waals surface area contributed by atoms with Gasteiger partial charge in [-0.15, -0.1) is 0 Å². The molecule has 0 saturated carbocycles. The van der Waals surface area contributed by atoms with E-state index in [4.69, 9.17) is 0 Å². The fourth-order valence-corrected chi connectivity index (χ4v) is 2.59. The Hall–Kier alpha value is -2.76. The number of aromatic amines is 1. The molecule has 0 unspecified atom stereocenters. The van der Waals surface area contributed by atoms with Crippen LogP contribution in [0.4, 0.5) is 0 Å². The number of carbonyl (C=O) groups is 1. The number of hydrogen-bond acceptors (Lipinski definition) is 4. The Morgan fingerprint density at radius 2 is 1.88 bits per heavy atom. The van der Waals surface area contributed by atoms with Crippen LogP contribution in [0, 0.1) is 20.8 Å². The second-order valence-electron chi connectivity index (χ2n) is 5.98. The Morgan fingerprint density at radius 3 is 2.50 bits per heavy atom. The molecule has 0 saturated heterocycles. The summed E-state index contributed by atoms with van der Waals surface area (Å²) in [6.07, 6.45) is 2.52. The van der Waals surface area contributed by atoms with E-state index in [0.29, 0.717) is 5.56 Å². The fourth-order valence-electron chi connectivity index (χ4n) is 2.59. The minimum absolute atomic E-state index is 0.141. The van der Waals surface area contributed by atoms with Crippen molar-refractivity contribution in [3.63, 3.8) is 0 Å². The number of aryl methyl sites for hydroxylation is 3. The predicted molar refractivity (Wildman–Crippen MR) is 92.8 cm³/mol. The molecule has 1 atom stereocenters. The maximum absolute atomic E-state index is 12.6. The number of fused-ring (bicyclic) bond motifs is 1. The standard InChI is InChI=1S/C18H21N5O/c1-5-14(17-19-9-10(2)20-17)23-18(24)13-6-7-15-16(8-13)22-12(4)11(3)21-15/h6-9,14H,5H2,1-4H3,(H,19,20)(H,23,24)/t14-/m0/s1. The van der Waals surface area contributed by atoms with Crippen LogP contribution in [0.1, 0.15) is 52.7 Å². The summed E-state index contributed by atoms with van der Waals surface area (Å²) in [7, 11) is 0. The summed E-state index contributed by atoms with van der Waals surface area (Å²) in [5.74, 6) is 0.633. The molecule has 2 heterocycles. The van der Waals surface area contributed by atoms with Gasteiger partial charge in [-0.1, -0.05) is 6.92 Å². The molecule has 24 heavy (non-hydrogen) atoms. The van der Waals surface area contributed by atoms with E-state index in [2.05, 4.69) is 25.3 Å². The number of nitrogens with one attached hydrogen (secondary N) is 2. The van der Waals surface area contributed by atoms with Crippen LogP contribution in [0.15, 0.2) is 24.4 Å². The van der Waals surface area contributed by atoms with Gasteiger partial charge in [-0.05, 0) is 45.4 Å². The van der Waals surface area contributed by atoms with Crippen molar-refractivity contribution in [1.29, 1.82) is 0 Å². The molecule has 0 aliphatic rings. The monoisotopic (exact) mass is 323 g/mol. The van der Waals surface area contributed by atoms with Crippen molar-refractivity contribution in [2.45, 2.75) is 40.2 Å². The summed E-state index contributed by atoms with van der Waals surface area (Å²) in [5, 5.41) is 3.02. The molecule has 1 amide bonds. The first-order chi connectivity index (χ1) is 11.5. The van der Waals surface area contributed by atoms with E-state index < -0.39 is 0 Å². The largest absolute Gasteiger partial charge is 0.344 e. The number of amides is 1. The van der Waals surface area contributed by atoms with E-state index in [1.165, 1.54) is 0 Å². The third-order valence-corrected chi connectivity index (χ3v) is 4.10. The predicted octanol–water partition coefficient (Wildman–Crippen LogP) is 3.16. The highest BCUT2D eigenvalue weighted by Crippen LogP contribution is 2.17. The number of H-pyrrole nitrogens is 1. The normalized spacial score (nSPS) is 12.3. The zero-order valence-electron chi connectivity index (χ0n) is 14.3. The van der Waals surface area contributed by atoms with Gasteiger partial charge in [-0.3, -0.25) is 4.79 Å². The van der Waals surface area contributed by atoms with E-state index in [0.717, 1.165) is 40.4 Å². The summed E-state index contributed by atoms with van der Waals surface area (Å²) < 4.78 is 0. The molecule has 0 spiro atoms. The minimum Gasteiger partial charge on any atom is -0.344 e. The smallest absolute Gasteiger partial charge is 0.251 e. The van der Waals surface area contributed by atoms with E-state index in [-0.39, 0.29) is 11.9 Å². The summed E-state index contributed by atoms with van der Waals surface area (Å²) in [4.78, 5) is 29.1. The first-order valence-corrected chi connectivity index (χ1v) is 8.05. The lowest BCUT2D eigenvalue weighted by Crippen LogP contribution is -2.28. The lowest BCUT2D eigenvalue weighted by Gasteiger charge is -2.15. The van der Waals surface area contributed by atoms with Gasteiger partial charge in [0.05, 0.1) is 28.5 Å². The summed E-state index contributed by atoms with van der Waals surface area (Å²) in [5.41, 5.74) is 4.85. The van der Waals surface area contributed by atoms with Crippen LogP contribution < -0.4 is 5.32 Å². The van der Waals surface area contributed by atoms with Crippen LogP contribution >= 0.6 is 0 Å². The Balaban J connectivity index is 1.86. The van der Waals surface area contributed by atoms with Crippen molar-refractivity contribution in [2.24, 2.45) is 0 Å². The lowest BCUT2D eigenvalue weighted by atomic mass is 10.1. The zero-order chi connectivity index (χ0) is 17.3. The average molecular weight is 323 g/mol. The Morgan fingerprint density at radius 1 is 1.17 bits per heavy atom. The molecule has 6 heteroatoms. The van der Waals surface area contributed by atoms with Gasteiger partial charge in [-0.2, -0.15) is 0 Å². The Kier molecular flexibility index (Phi) is 4.29. The topological polar surface area (TPSA) is 83.6 Å². The van der Waals surface area contributed by atoms with Crippen molar-refractivity contribution in [3.8, 4) is 0 Å². The van der Waals surface area contributed by atoms with E-state index in [1.54, 1.807) is 18.3 Å². The first-order valence-electron chi connectivity index (χ1n) is 8.05. The van der Waals surface area contributed by atoms with E-state index in [1.807, 2.05) is 33.8 Å². The number of rotatable bonds is 4. The second-order valence-corrected chi connectivity index (χ2v) is 5.98. The van der Waals surface area contributed by atoms with Crippen molar-refractivity contribution >= 4 is 16.9 Å². The van der Waals surface area contributed by atoms with Gasteiger partial charge >= 0.3 is 0 Å². The highest BCUT2D eigenvalue weighted by molar-refractivity contribution is 5.97. The summed E-state index contributed by atoms with van der Waals surface area (Å²) >= 11 is 0. The molecule has 1 aromatic carbocycles. The van der Waals surface area contributed by atoms with Crippen LogP contribution in [0.2, 0.25) is 0 Å². The van der Waals surface area contributed by atoms with Crippen LogP contribution in [-0.4, -0.2) is 25.8 Å². The van der Waals surface area contributed by atoms with Gasteiger partial charge in [0.2, 0.25) is 0 Å². The highest BCUT2D eigenvalue weighted by Gasteiger charge is 2.17. The second kappa shape index (κ2) is 6.39. The van der Waals surface area contributed by atoms with Crippen molar-refractivity contribution in [2.75, 3.05) is 0 Å². The molecular formula is C18H21N5O. The fraction of sp³-hybridized carbons (Fsp3) is 0.333. The molecule has 0 radical (unpaired) electrons. The molecule has 3 aromatic rings. The van der Waals surface area contributed by atoms with Crippen molar-refractivity contribution < 1.29 is 4.79 Å². The van der Waals surface area contributed by atoms with Gasteiger partial charge in [0, 0.05) is 17.5 Å². The molecule has 124 valence electrons. The van der Waals surface area contributed by atoms with Gasteiger partial charge in [0.15, 0.2) is 0 Å². The highest BCUT2D eigenvalue weighted by atomic mass is 16.1. The minimum atomic E-state index is -0.146. The van der Waals surface area contributed by atoms with Gasteiger partial charge in [-0.25, -0.2) is 15.0 Å². The van der Waals surface area contributed by atoms with Crippen LogP contribution in [0.25, 0.3) is 11.0 Å². The number of hydrogen-bond donors (Lipinski definition) is 2. The molecule has 6 nitrogen and oxygen atoms in total. The maximum Gasteiger partial charge on any atom is 0.251 e. The molecule has 2 aromatic heterocycles.